The van der Waals surface area contributed by atoms with E-state index >= 15 is 0 Å². The van der Waals surface area contributed by atoms with Crippen molar-refractivity contribution in [2.75, 3.05) is 0 Å². The van der Waals surface area contributed by atoms with Crippen molar-refractivity contribution >= 4 is 28.8 Å². The fourth-order valence-corrected chi connectivity index (χ4v) is 3.48. The van der Waals surface area contributed by atoms with Gasteiger partial charge in [0, 0.05) is 18.4 Å². The van der Waals surface area contributed by atoms with Gasteiger partial charge in [-0.3, -0.25) is 9.78 Å². The largest absolute Gasteiger partial charge is 0.473 e. The van der Waals surface area contributed by atoms with Crippen molar-refractivity contribution in [2.45, 2.75) is 37.8 Å². The van der Waals surface area contributed by atoms with Gasteiger partial charge in [0.15, 0.2) is 0 Å². The average Bonchev–Trinajstić information content (AvgIpc) is 2.97. The minimum absolute atomic E-state index is 0.0461. The van der Waals surface area contributed by atoms with E-state index in [1.54, 1.807) is 30.7 Å². The Kier molecular flexibility index (Phi) is 4.90. The molecule has 1 N–H and O–H groups in total. The Hall–Kier alpha value is -1.66. The van der Waals surface area contributed by atoms with Crippen LogP contribution in [-0.4, -0.2) is 28.0 Å². The van der Waals surface area contributed by atoms with Crippen LogP contribution in [0.15, 0.2) is 30.7 Å². The summed E-state index contributed by atoms with van der Waals surface area (Å²) in [5, 5.41) is 3.06. The SMILES string of the molecule is O=C(NC1CCC(Oc2cnccn2)CC1)c1ccc(Cl)s1. The van der Waals surface area contributed by atoms with E-state index in [0.29, 0.717) is 15.1 Å². The zero-order valence-electron chi connectivity index (χ0n) is 11.9. The van der Waals surface area contributed by atoms with E-state index in [0.717, 1.165) is 25.7 Å². The van der Waals surface area contributed by atoms with Crippen LogP contribution in [-0.2, 0) is 0 Å². The third-order valence-corrected chi connectivity index (χ3v) is 4.86. The van der Waals surface area contributed by atoms with E-state index in [9.17, 15) is 4.79 Å². The Labute approximate surface area is 137 Å². The first kappa shape index (κ1) is 15.2. The minimum atomic E-state index is -0.0461. The molecule has 0 aliphatic heterocycles. The van der Waals surface area contributed by atoms with E-state index in [1.807, 2.05) is 0 Å². The Morgan fingerprint density at radius 1 is 1.27 bits per heavy atom. The Balaban J connectivity index is 1.46. The Bertz CT molecular complexity index is 627. The van der Waals surface area contributed by atoms with Crippen LogP contribution in [0, 0.1) is 0 Å². The molecule has 1 aliphatic rings. The van der Waals surface area contributed by atoms with Crippen LogP contribution in [0.25, 0.3) is 0 Å². The summed E-state index contributed by atoms with van der Waals surface area (Å²) in [7, 11) is 0. The molecule has 22 heavy (non-hydrogen) atoms. The van der Waals surface area contributed by atoms with E-state index in [2.05, 4.69) is 15.3 Å². The third-order valence-electron chi connectivity index (χ3n) is 3.63. The molecule has 116 valence electrons. The molecule has 2 aromatic heterocycles. The third kappa shape index (κ3) is 3.96. The molecule has 5 nitrogen and oxygen atoms in total. The van der Waals surface area contributed by atoms with Crippen molar-refractivity contribution in [3.05, 3.63) is 39.9 Å². The summed E-state index contributed by atoms with van der Waals surface area (Å²) in [5.41, 5.74) is 0. The molecule has 7 heteroatoms. The predicted octanol–water partition coefficient (Wildman–Crippen LogP) is 3.31. The fourth-order valence-electron chi connectivity index (χ4n) is 2.53. The number of nitrogens with one attached hydrogen (secondary N) is 1. The number of halogens is 1. The van der Waals surface area contributed by atoms with Crippen LogP contribution in [0.1, 0.15) is 35.4 Å². The summed E-state index contributed by atoms with van der Waals surface area (Å²) in [6.45, 7) is 0. The second-order valence-corrected chi connectivity index (χ2v) is 6.93. The van der Waals surface area contributed by atoms with Gasteiger partial charge in [0.1, 0.15) is 6.10 Å². The van der Waals surface area contributed by atoms with Gasteiger partial charge in [-0.15, -0.1) is 11.3 Å². The molecule has 0 radical (unpaired) electrons. The monoisotopic (exact) mass is 337 g/mol. The van der Waals surface area contributed by atoms with Gasteiger partial charge in [0.25, 0.3) is 5.91 Å². The predicted molar refractivity (Wildman–Crippen MR) is 85.5 cm³/mol. The van der Waals surface area contributed by atoms with Crippen LogP contribution in [0.5, 0.6) is 5.88 Å². The summed E-state index contributed by atoms with van der Waals surface area (Å²) >= 11 is 7.15. The lowest BCUT2D eigenvalue weighted by molar-refractivity contribution is 0.0893. The normalized spacial score (nSPS) is 21.3. The molecule has 2 aromatic rings. The van der Waals surface area contributed by atoms with Gasteiger partial charge in [-0.25, -0.2) is 4.98 Å². The van der Waals surface area contributed by atoms with Crippen molar-refractivity contribution in [1.82, 2.24) is 15.3 Å². The summed E-state index contributed by atoms with van der Waals surface area (Å²) in [6.07, 6.45) is 8.59. The number of aromatic nitrogens is 2. The highest BCUT2D eigenvalue weighted by Crippen LogP contribution is 2.24. The number of hydrogen-bond donors (Lipinski definition) is 1. The molecular formula is C15H16ClN3O2S. The molecule has 0 aromatic carbocycles. The summed E-state index contributed by atoms with van der Waals surface area (Å²) in [6, 6.07) is 3.69. The van der Waals surface area contributed by atoms with Crippen LogP contribution in [0.4, 0.5) is 0 Å². The van der Waals surface area contributed by atoms with Crippen LogP contribution < -0.4 is 10.1 Å². The molecule has 0 bridgehead atoms. The highest BCUT2D eigenvalue weighted by molar-refractivity contribution is 7.17. The lowest BCUT2D eigenvalue weighted by atomic mass is 9.93. The number of nitrogens with zero attached hydrogens (tertiary/aromatic N) is 2. The lowest BCUT2D eigenvalue weighted by Gasteiger charge is -2.28. The van der Waals surface area contributed by atoms with Crippen molar-refractivity contribution in [3.63, 3.8) is 0 Å². The van der Waals surface area contributed by atoms with Crippen LogP contribution >= 0.6 is 22.9 Å². The van der Waals surface area contributed by atoms with Gasteiger partial charge in [-0.2, -0.15) is 0 Å². The van der Waals surface area contributed by atoms with Gasteiger partial charge in [-0.1, -0.05) is 11.6 Å². The Morgan fingerprint density at radius 3 is 2.73 bits per heavy atom. The van der Waals surface area contributed by atoms with Gasteiger partial charge >= 0.3 is 0 Å². The first-order valence-corrected chi connectivity index (χ1v) is 8.39. The van der Waals surface area contributed by atoms with Crippen molar-refractivity contribution in [3.8, 4) is 5.88 Å². The molecule has 0 unspecified atom stereocenters. The highest BCUT2D eigenvalue weighted by Gasteiger charge is 2.24. The summed E-state index contributed by atoms with van der Waals surface area (Å²) < 4.78 is 6.43. The molecule has 0 spiro atoms. The summed E-state index contributed by atoms with van der Waals surface area (Å²) in [5.74, 6) is 0.512. The number of rotatable bonds is 4. The molecule has 3 rings (SSSR count). The minimum Gasteiger partial charge on any atom is -0.473 e. The van der Waals surface area contributed by atoms with E-state index in [1.165, 1.54) is 11.3 Å². The maximum Gasteiger partial charge on any atom is 0.261 e. The number of hydrogen-bond acceptors (Lipinski definition) is 5. The van der Waals surface area contributed by atoms with Gasteiger partial charge in [0.05, 0.1) is 15.4 Å². The van der Waals surface area contributed by atoms with Crippen molar-refractivity contribution < 1.29 is 9.53 Å². The summed E-state index contributed by atoms with van der Waals surface area (Å²) in [4.78, 5) is 20.8. The number of carbonyl (C=O) groups is 1. The second kappa shape index (κ2) is 7.07. The van der Waals surface area contributed by atoms with Crippen LogP contribution in [0.3, 0.4) is 0 Å². The first-order valence-electron chi connectivity index (χ1n) is 7.19. The van der Waals surface area contributed by atoms with Gasteiger partial charge in [-0.05, 0) is 37.8 Å². The number of ether oxygens (including phenoxy) is 1. The zero-order chi connectivity index (χ0) is 15.4. The maximum absolute atomic E-state index is 12.1. The molecule has 0 atom stereocenters. The quantitative estimate of drug-likeness (QED) is 0.929. The van der Waals surface area contributed by atoms with E-state index in [4.69, 9.17) is 16.3 Å². The average molecular weight is 338 g/mol. The zero-order valence-corrected chi connectivity index (χ0v) is 13.4. The van der Waals surface area contributed by atoms with Crippen molar-refractivity contribution in [2.24, 2.45) is 0 Å². The Morgan fingerprint density at radius 2 is 2.09 bits per heavy atom. The molecule has 1 amide bonds. The smallest absolute Gasteiger partial charge is 0.261 e. The fraction of sp³-hybridized carbons (Fsp3) is 0.400. The molecule has 1 fully saturated rings. The number of amides is 1. The molecule has 1 saturated carbocycles. The van der Waals surface area contributed by atoms with Gasteiger partial charge in [0.2, 0.25) is 5.88 Å². The molecule has 1 aliphatic carbocycles. The van der Waals surface area contributed by atoms with E-state index < -0.39 is 0 Å². The molecular weight excluding hydrogens is 322 g/mol. The van der Waals surface area contributed by atoms with Crippen LogP contribution in [0.2, 0.25) is 4.34 Å². The number of carbonyl (C=O) groups excluding carboxylic acids is 1. The van der Waals surface area contributed by atoms with E-state index in [-0.39, 0.29) is 18.1 Å². The topological polar surface area (TPSA) is 64.1 Å². The van der Waals surface area contributed by atoms with Gasteiger partial charge < -0.3 is 10.1 Å². The molecule has 2 heterocycles. The lowest BCUT2D eigenvalue weighted by Crippen LogP contribution is -2.39. The maximum atomic E-state index is 12.1. The number of thiophene rings is 1. The second-order valence-electron chi connectivity index (χ2n) is 5.21. The first-order chi connectivity index (χ1) is 10.7. The molecule has 0 saturated heterocycles. The standard InChI is InChI=1S/C15H16ClN3O2S/c16-13-6-5-12(22-13)15(20)19-10-1-3-11(4-2-10)21-14-9-17-7-8-18-14/h5-11H,1-4H2,(H,19,20). The van der Waals surface area contributed by atoms with Crippen molar-refractivity contribution in [1.29, 1.82) is 0 Å². The highest BCUT2D eigenvalue weighted by atomic mass is 35.5.